The van der Waals surface area contributed by atoms with Gasteiger partial charge in [0.15, 0.2) is 11.3 Å². The molecule has 4 nitrogen and oxygen atoms in total. The Bertz CT molecular complexity index is 513. The molecule has 1 atom stereocenters. The average Bonchev–Trinajstić information content (AvgIpc) is 3.06. The molecule has 0 radical (unpaired) electrons. The van der Waals surface area contributed by atoms with Crippen molar-refractivity contribution in [3.63, 3.8) is 0 Å². The lowest BCUT2D eigenvalue weighted by atomic mass is 10.2. The number of hydrogen-bond donors (Lipinski definition) is 1. The number of ether oxygens (including phenoxy) is 2. The minimum Gasteiger partial charge on any atom is -0.487 e. The highest BCUT2D eigenvalue weighted by Crippen LogP contribution is 2.29. The van der Waals surface area contributed by atoms with Gasteiger partial charge in [-0.25, -0.2) is 0 Å². The predicted octanol–water partition coefficient (Wildman–Crippen LogP) is 1.75. The van der Waals surface area contributed by atoms with Crippen LogP contribution >= 0.6 is 0 Å². The summed E-state index contributed by atoms with van der Waals surface area (Å²) >= 11 is 0. The lowest BCUT2D eigenvalue weighted by molar-refractivity contribution is 0.261. The summed E-state index contributed by atoms with van der Waals surface area (Å²) in [4.78, 5) is 0. The Kier molecular flexibility index (Phi) is 2.74. The van der Waals surface area contributed by atoms with Gasteiger partial charge in [-0.3, -0.25) is 0 Å². The highest BCUT2D eigenvalue weighted by Gasteiger charge is 2.23. The Morgan fingerprint density at radius 2 is 2.29 bits per heavy atom. The van der Waals surface area contributed by atoms with Crippen molar-refractivity contribution in [2.24, 2.45) is 0 Å². The summed E-state index contributed by atoms with van der Waals surface area (Å²) in [6.07, 6.45) is 0.761. The van der Waals surface area contributed by atoms with Crippen LogP contribution in [0.5, 0.6) is 5.75 Å². The van der Waals surface area contributed by atoms with Gasteiger partial charge in [0.1, 0.15) is 18.5 Å². The number of aliphatic hydroxyl groups excluding tert-OH is 1. The standard InChI is InChI=1S/C13H14O4/c14-5-4-10-6-9-2-1-3-12(13(9)17-10)16-8-11-7-15-11/h1-3,6,11,14H,4-5,7-8H2. The number of fused-ring (bicyclic) bond motifs is 1. The molecule has 1 saturated heterocycles. The molecule has 0 bridgehead atoms. The van der Waals surface area contributed by atoms with Crippen molar-refractivity contribution in [3.05, 3.63) is 30.0 Å². The number of epoxide rings is 1. The summed E-state index contributed by atoms with van der Waals surface area (Å²) in [5, 5.41) is 9.89. The monoisotopic (exact) mass is 234 g/mol. The van der Waals surface area contributed by atoms with Gasteiger partial charge in [-0.05, 0) is 12.1 Å². The molecule has 0 amide bonds. The zero-order valence-electron chi connectivity index (χ0n) is 9.39. The quantitative estimate of drug-likeness (QED) is 0.801. The molecule has 4 heteroatoms. The molecule has 1 aliphatic rings. The molecule has 1 aromatic heterocycles. The fourth-order valence-electron chi connectivity index (χ4n) is 1.78. The second kappa shape index (κ2) is 4.39. The van der Waals surface area contributed by atoms with Gasteiger partial charge in [0.2, 0.25) is 0 Å². The maximum Gasteiger partial charge on any atom is 0.176 e. The number of para-hydroxylation sites is 1. The van der Waals surface area contributed by atoms with Gasteiger partial charge in [-0.2, -0.15) is 0 Å². The van der Waals surface area contributed by atoms with E-state index in [1.165, 1.54) is 0 Å². The van der Waals surface area contributed by atoms with Crippen LogP contribution in [0.25, 0.3) is 11.0 Å². The van der Waals surface area contributed by atoms with Gasteiger partial charge in [-0.15, -0.1) is 0 Å². The average molecular weight is 234 g/mol. The molecular weight excluding hydrogens is 220 g/mol. The molecule has 1 aliphatic heterocycles. The van der Waals surface area contributed by atoms with Crippen LogP contribution in [-0.4, -0.2) is 31.0 Å². The Morgan fingerprint density at radius 3 is 3.06 bits per heavy atom. The largest absolute Gasteiger partial charge is 0.487 e. The molecule has 0 saturated carbocycles. The summed E-state index contributed by atoms with van der Waals surface area (Å²) in [5.74, 6) is 1.52. The third-order valence-electron chi connectivity index (χ3n) is 2.74. The van der Waals surface area contributed by atoms with Crippen molar-refractivity contribution < 1.29 is 19.0 Å². The topological polar surface area (TPSA) is 55.1 Å². The molecule has 90 valence electrons. The first-order valence-corrected chi connectivity index (χ1v) is 5.73. The molecular formula is C13H14O4. The predicted molar refractivity (Wildman–Crippen MR) is 62.2 cm³/mol. The molecule has 2 heterocycles. The zero-order valence-corrected chi connectivity index (χ0v) is 9.39. The third-order valence-corrected chi connectivity index (χ3v) is 2.74. The summed E-state index contributed by atoms with van der Waals surface area (Å²) in [5.41, 5.74) is 0.747. The Morgan fingerprint density at radius 1 is 1.41 bits per heavy atom. The number of hydrogen-bond acceptors (Lipinski definition) is 4. The summed E-state index contributed by atoms with van der Waals surface area (Å²) in [7, 11) is 0. The van der Waals surface area contributed by atoms with Crippen LogP contribution in [0.4, 0.5) is 0 Å². The van der Waals surface area contributed by atoms with Crippen LogP contribution in [0.1, 0.15) is 5.76 Å². The number of rotatable bonds is 5. The van der Waals surface area contributed by atoms with E-state index >= 15 is 0 Å². The Balaban J connectivity index is 1.87. The molecule has 1 unspecified atom stereocenters. The van der Waals surface area contributed by atoms with Crippen LogP contribution in [-0.2, 0) is 11.2 Å². The minimum absolute atomic E-state index is 0.0892. The molecule has 2 aromatic rings. The fourth-order valence-corrected chi connectivity index (χ4v) is 1.78. The lowest BCUT2D eigenvalue weighted by Gasteiger charge is -2.03. The molecule has 1 N–H and O–H groups in total. The number of aliphatic hydroxyl groups is 1. The van der Waals surface area contributed by atoms with Gasteiger partial charge < -0.3 is 19.0 Å². The van der Waals surface area contributed by atoms with Gasteiger partial charge in [0.05, 0.1) is 13.2 Å². The van der Waals surface area contributed by atoms with Crippen LogP contribution in [0.3, 0.4) is 0 Å². The van der Waals surface area contributed by atoms with Crippen LogP contribution in [0.15, 0.2) is 28.7 Å². The maximum absolute atomic E-state index is 8.89. The van der Waals surface area contributed by atoms with Gasteiger partial charge in [-0.1, -0.05) is 12.1 Å². The summed E-state index contributed by atoms with van der Waals surface area (Å²) < 4.78 is 16.4. The van der Waals surface area contributed by atoms with Gasteiger partial charge in [0.25, 0.3) is 0 Å². The van der Waals surface area contributed by atoms with Crippen molar-refractivity contribution in [1.82, 2.24) is 0 Å². The van der Waals surface area contributed by atoms with Crippen molar-refractivity contribution in [3.8, 4) is 5.75 Å². The molecule has 3 rings (SSSR count). The minimum atomic E-state index is 0.0892. The first-order valence-electron chi connectivity index (χ1n) is 5.73. The van der Waals surface area contributed by atoms with E-state index in [1.807, 2.05) is 24.3 Å². The van der Waals surface area contributed by atoms with Crippen molar-refractivity contribution in [2.45, 2.75) is 12.5 Å². The van der Waals surface area contributed by atoms with Gasteiger partial charge >= 0.3 is 0 Å². The zero-order chi connectivity index (χ0) is 11.7. The van der Waals surface area contributed by atoms with Gasteiger partial charge in [0, 0.05) is 11.8 Å². The molecule has 1 aromatic carbocycles. The SMILES string of the molecule is OCCc1cc2cccc(OCC3CO3)c2o1. The Labute approximate surface area is 98.7 Å². The van der Waals surface area contributed by atoms with E-state index in [4.69, 9.17) is 19.0 Å². The molecule has 0 spiro atoms. The maximum atomic E-state index is 8.89. The Hall–Kier alpha value is -1.52. The van der Waals surface area contributed by atoms with Crippen molar-refractivity contribution in [1.29, 1.82) is 0 Å². The van der Waals surface area contributed by atoms with Crippen LogP contribution in [0, 0.1) is 0 Å². The summed E-state index contributed by atoms with van der Waals surface area (Å²) in [6.45, 7) is 1.44. The third kappa shape index (κ3) is 2.28. The fraction of sp³-hybridized carbons (Fsp3) is 0.385. The van der Waals surface area contributed by atoms with E-state index in [-0.39, 0.29) is 12.7 Å². The van der Waals surface area contributed by atoms with E-state index in [0.717, 1.165) is 29.1 Å². The molecule has 17 heavy (non-hydrogen) atoms. The lowest BCUT2D eigenvalue weighted by Crippen LogP contribution is -2.03. The normalized spacial score (nSPS) is 18.5. The van der Waals surface area contributed by atoms with Crippen LogP contribution in [0.2, 0.25) is 0 Å². The van der Waals surface area contributed by atoms with E-state index in [0.29, 0.717) is 13.0 Å². The molecule has 0 aliphatic carbocycles. The van der Waals surface area contributed by atoms with E-state index in [1.54, 1.807) is 0 Å². The second-order valence-corrected chi connectivity index (χ2v) is 4.13. The van der Waals surface area contributed by atoms with Crippen molar-refractivity contribution >= 4 is 11.0 Å². The first-order chi connectivity index (χ1) is 8.36. The van der Waals surface area contributed by atoms with E-state index in [9.17, 15) is 0 Å². The molecule has 1 fully saturated rings. The van der Waals surface area contributed by atoms with E-state index in [2.05, 4.69) is 0 Å². The first kappa shape index (κ1) is 10.6. The van der Waals surface area contributed by atoms with Crippen LogP contribution < -0.4 is 4.74 Å². The smallest absolute Gasteiger partial charge is 0.176 e. The van der Waals surface area contributed by atoms with Crippen molar-refractivity contribution in [2.75, 3.05) is 19.8 Å². The van der Waals surface area contributed by atoms with E-state index < -0.39 is 0 Å². The highest BCUT2D eigenvalue weighted by atomic mass is 16.6. The number of benzene rings is 1. The number of furan rings is 1. The summed E-state index contributed by atoms with van der Waals surface area (Å²) in [6, 6.07) is 7.73. The highest BCUT2D eigenvalue weighted by molar-refractivity contribution is 5.83. The second-order valence-electron chi connectivity index (χ2n) is 4.13.